The van der Waals surface area contributed by atoms with Crippen LogP contribution in [0.25, 0.3) is 0 Å². The third-order valence-electron chi connectivity index (χ3n) is 2.68. The first-order valence-electron chi connectivity index (χ1n) is 5.34. The Morgan fingerprint density at radius 3 is 2.62 bits per heavy atom. The molecule has 90 valence electrons. The Kier molecular flexibility index (Phi) is 4.53. The lowest BCUT2D eigenvalue weighted by Gasteiger charge is -2.25. The van der Waals surface area contributed by atoms with Crippen LogP contribution in [0.3, 0.4) is 0 Å². The number of nitrogens with zero attached hydrogens (tertiary/aromatic N) is 3. The van der Waals surface area contributed by atoms with E-state index in [-0.39, 0.29) is 11.9 Å². The molecule has 0 bridgehead atoms. The number of rotatable bonds is 4. The van der Waals surface area contributed by atoms with E-state index in [9.17, 15) is 4.79 Å². The second-order valence-electron chi connectivity index (χ2n) is 4.05. The van der Waals surface area contributed by atoms with Gasteiger partial charge >= 0.3 is 0 Å². The van der Waals surface area contributed by atoms with Gasteiger partial charge in [0.2, 0.25) is 0 Å². The summed E-state index contributed by atoms with van der Waals surface area (Å²) >= 11 is 3.37. The maximum absolute atomic E-state index is 12.3. The van der Waals surface area contributed by atoms with Gasteiger partial charge in [0.25, 0.3) is 5.91 Å². The molecule has 0 aliphatic rings. The van der Waals surface area contributed by atoms with Crippen LogP contribution in [-0.4, -0.2) is 38.5 Å². The van der Waals surface area contributed by atoms with Crippen molar-refractivity contribution in [3.8, 4) is 0 Å². The molecule has 4 nitrogen and oxygen atoms in total. The van der Waals surface area contributed by atoms with Crippen LogP contribution >= 0.6 is 15.9 Å². The molecule has 16 heavy (non-hydrogen) atoms. The summed E-state index contributed by atoms with van der Waals surface area (Å²) in [6.07, 6.45) is 1.64. The normalized spacial score (nSPS) is 10.9. The zero-order valence-electron chi connectivity index (χ0n) is 10.2. The molecule has 0 spiro atoms. The number of carbonyl (C=O) groups excluding carboxylic acids is 1. The number of carbonyl (C=O) groups is 1. The number of hydrogen-bond acceptors (Lipinski definition) is 2. The zero-order valence-corrected chi connectivity index (χ0v) is 11.8. The van der Waals surface area contributed by atoms with E-state index in [1.807, 2.05) is 32.7 Å². The summed E-state index contributed by atoms with van der Waals surface area (Å²) < 4.78 is 1.72. The maximum Gasteiger partial charge on any atom is 0.257 e. The van der Waals surface area contributed by atoms with Crippen molar-refractivity contribution in [2.45, 2.75) is 26.8 Å². The first-order chi connectivity index (χ1) is 7.49. The average Bonchev–Trinajstić information content (AvgIpc) is 2.55. The first kappa shape index (κ1) is 13.2. The van der Waals surface area contributed by atoms with E-state index >= 15 is 0 Å². The van der Waals surface area contributed by atoms with Crippen molar-refractivity contribution in [2.24, 2.45) is 7.05 Å². The van der Waals surface area contributed by atoms with Crippen LogP contribution in [0.1, 0.15) is 29.9 Å². The minimum absolute atomic E-state index is 0.0556. The van der Waals surface area contributed by atoms with Crippen molar-refractivity contribution in [1.29, 1.82) is 0 Å². The highest BCUT2D eigenvalue weighted by Gasteiger charge is 2.21. The van der Waals surface area contributed by atoms with Crippen LogP contribution in [0.2, 0.25) is 0 Å². The molecular weight excluding hydrogens is 270 g/mol. The van der Waals surface area contributed by atoms with Gasteiger partial charge in [-0.1, -0.05) is 15.9 Å². The zero-order chi connectivity index (χ0) is 12.3. The number of amides is 1. The SMILES string of the molecule is Cc1c(C(=O)N(CCBr)C(C)C)cnn1C. The minimum atomic E-state index is 0.0556. The summed E-state index contributed by atoms with van der Waals surface area (Å²) in [7, 11) is 1.84. The molecule has 0 unspecified atom stereocenters. The summed E-state index contributed by atoms with van der Waals surface area (Å²) in [6.45, 7) is 6.66. The Morgan fingerprint density at radius 1 is 1.62 bits per heavy atom. The van der Waals surface area contributed by atoms with E-state index in [0.717, 1.165) is 11.0 Å². The largest absolute Gasteiger partial charge is 0.335 e. The monoisotopic (exact) mass is 287 g/mol. The molecule has 0 aromatic carbocycles. The molecule has 1 rings (SSSR count). The molecule has 0 N–H and O–H groups in total. The molecule has 5 heteroatoms. The fourth-order valence-electron chi connectivity index (χ4n) is 1.55. The molecule has 0 aliphatic carbocycles. The molecule has 1 aromatic heterocycles. The predicted molar refractivity (Wildman–Crippen MR) is 67.9 cm³/mol. The van der Waals surface area contributed by atoms with E-state index in [1.165, 1.54) is 0 Å². The molecule has 0 aliphatic heterocycles. The fourth-order valence-corrected chi connectivity index (χ4v) is 1.93. The molecule has 0 atom stereocenters. The molecular formula is C11H18BrN3O. The predicted octanol–water partition coefficient (Wildman–Crippen LogP) is 1.97. The van der Waals surface area contributed by atoms with Crippen LogP contribution in [0.15, 0.2) is 6.20 Å². The van der Waals surface area contributed by atoms with Gasteiger partial charge in [0.1, 0.15) is 0 Å². The Bertz CT molecular complexity index is 373. The standard InChI is InChI=1S/C11H18BrN3O/c1-8(2)15(6-5-12)11(16)10-7-13-14(4)9(10)3/h7-8H,5-6H2,1-4H3. The number of hydrogen-bond donors (Lipinski definition) is 0. The van der Waals surface area contributed by atoms with Gasteiger partial charge in [-0.25, -0.2) is 0 Å². The molecule has 1 heterocycles. The fraction of sp³-hybridized carbons (Fsp3) is 0.636. The van der Waals surface area contributed by atoms with Gasteiger partial charge < -0.3 is 4.90 Å². The average molecular weight is 288 g/mol. The third-order valence-corrected chi connectivity index (χ3v) is 3.03. The van der Waals surface area contributed by atoms with E-state index in [2.05, 4.69) is 21.0 Å². The first-order valence-corrected chi connectivity index (χ1v) is 6.46. The molecule has 0 saturated carbocycles. The van der Waals surface area contributed by atoms with Crippen LogP contribution in [0.4, 0.5) is 0 Å². The highest BCUT2D eigenvalue weighted by molar-refractivity contribution is 9.09. The van der Waals surface area contributed by atoms with Gasteiger partial charge in [-0.15, -0.1) is 0 Å². The number of aryl methyl sites for hydroxylation is 1. The highest BCUT2D eigenvalue weighted by Crippen LogP contribution is 2.12. The molecule has 0 saturated heterocycles. The van der Waals surface area contributed by atoms with Gasteiger partial charge in [-0.2, -0.15) is 5.10 Å². The summed E-state index contributed by atoms with van der Waals surface area (Å²) in [5.74, 6) is 0.0556. The molecule has 1 aromatic rings. The molecule has 1 amide bonds. The summed E-state index contributed by atoms with van der Waals surface area (Å²) in [6, 6.07) is 0.199. The van der Waals surface area contributed by atoms with E-state index in [4.69, 9.17) is 0 Å². The second-order valence-corrected chi connectivity index (χ2v) is 4.84. The van der Waals surface area contributed by atoms with Crippen molar-refractivity contribution in [1.82, 2.24) is 14.7 Å². The van der Waals surface area contributed by atoms with Crippen LogP contribution in [0.5, 0.6) is 0 Å². The smallest absolute Gasteiger partial charge is 0.257 e. The van der Waals surface area contributed by atoms with Crippen molar-refractivity contribution in [3.63, 3.8) is 0 Å². The third kappa shape index (κ3) is 2.64. The number of halogens is 1. The van der Waals surface area contributed by atoms with E-state index in [0.29, 0.717) is 12.1 Å². The van der Waals surface area contributed by atoms with Crippen molar-refractivity contribution in [3.05, 3.63) is 17.5 Å². The number of alkyl halides is 1. The Hall–Kier alpha value is -0.840. The highest BCUT2D eigenvalue weighted by atomic mass is 79.9. The Labute approximate surface area is 105 Å². The molecule has 0 radical (unpaired) electrons. The van der Waals surface area contributed by atoms with Gasteiger partial charge in [0.15, 0.2) is 0 Å². The summed E-state index contributed by atoms with van der Waals surface area (Å²) in [4.78, 5) is 14.1. The summed E-state index contributed by atoms with van der Waals surface area (Å²) in [5, 5.41) is 4.88. The van der Waals surface area contributed by atoms with Crippen molar-refractivity contribution < 1.29 is 4.79 Å². The van der Waals surface area contributed by atoms with E-state index < -0.39 is 0 Å². The van der Waals surface area contributed by atoms with Gasteiger partial charge in [-0.05, 0) is 20.8 Å². The number of aromatic nitrogens is 2. The summed E-state index contributed by atoms with van der Waals surface area (Å²) in [5.41, 5.74) is 1.60. The van der Waals surface area contributed by atoms with Crippen molar-refractivity contribution >= 4 is 21.8 Å². The Morgan fingerprint density at radius 2 is 2.25 bits per heavy atom. The van der Waals surface area contributed by atoms with Crippen LogP contribution in [0, 0.1) is 6.92 Å². The quantitative estimate of drug-likeness (QED) is 0.795. The lowest BCUT2D eigenvalue weighted by molar-refractivity contribution is 0.0718. The van der Waals surface area contributed by atoms with Gasteiger partial charge in [0, 0.05) is 30.7 Å². The maximum atomic E-state index is 12.3. The van der Waals surface area contributed by atoms with Crippen molar-refractivity contribution in [2.75, 3.05) is 11.9 Å². The van der Waals surface area contributed by atoms with Gasteiger partial charge in [0.05, 0.1) is 11.8 Å². The second kappa shape index (κ2) is 5.48. The van der Waals surface area contributed by atoms with E-state index in [1.54, 1.807) is 10.9 Å². The Balaban J connectivity index is 2.95. The van der Waals surface area contributed by atoms with Crippen LogP contribution in [-0.2, 0) is 7.05 Å². The van der Waals surface area contributed by atoms with Crippen LogP contribution < -0.4 is 0 Å². The topological polar surface area (TPSA) is 38.1 Å². The van der Waals surface area contributed by atoms with Gasteiger partial charge in [-0.3, -0.25) is 9.48 Å². The minimum Gasteiger partial charge on any atom is -0.335 e. The lowest BCUT2D eigenvalue weighted by Crippen LogP contribution is -2.38. The lowest BCUT2D eigenvalue weighted by atomic mass is 10.2. The molecule has 0 fully saturated rings.